The van der Waals surface area contributed by atoms with Gasteiger partial charge in [0.1, 0.15) is 23.9 Å². The SMILES string of the molecule is C=CCOC(=O)c1ccc2c(c1C)CC[C@@H]2NC(=O)c1cc(C(=O)NC(C)C2=CC(C)C(C#N)S2)c(CC)c2ncnn12. The molecule has 0 saturated carbocycles. The zero-order chi connectivity index (χ0) is 30.8. The van der Waals surface area contributed by atoms with Gasteiger partial charge in [0.05, 0.1) is 23.7 Å². The first kappa shape index (κ1) is 30.0. The predicted octanol–water partition coefficient (Wildman–Crippen LogP) is 4.64. The van der Waals surface area contributed by atoms with Crippen LogP contribution >= 0.6 is 11.8 Å². The number of nitrogens with one attached hydrogen (secondary N) is 2. The Balaban J connectivity index is 1.40. The summed E-state index contributed by atoms with van der Waals surface area (Å²) in [7, 11) is 0. The first-order valence-electron chi connectivity index (χ1n) is 14.3. The number of fused-ring (bicyclic) bond motifs is 2. The molecule has 0 radical (unpaired) electrons. The van der Waals surface area contributed by atoms with Crippen molar-refractivity contribution in [3.63, 3.8) is 0 Å². The second kappa shape index (κ2) is 12.4. The van der Waals surface area contributed by atoms with Crippen molar-refractivity contribution in [2.75, 3.05) is 6.61 Å². The summed E-state index contributed by atoms with van der Waals surface area (Å²) in [5.41, 5.74) is 5.01. The van der Waals surface area contributed by atoms with Crippen LogP contribution in [0.4, 0.5) is 0 Å². The minimum absolute atomic E-state index is 0.0976. The molecular formula is C32H34N6O4S. The topological polar surface area (TPSA) is 138 Å². The van der Waals surface area contributed by atoms with Gasteiger partial charge in [-0.25, -0.2) is 14.3 Å². The van der Waals surface area contributed by atoms with Crippen molar-refractivity contribution in [2.45, 2.75) is 64.3 Å². The minimum Gasteiger partial charge on any atom is -0.458 e. The third-order valence-corrected chi connectivity index (χ3v) is 9.65. The molecule has 3 heterocycles. The number of thioether (sulfide) groups is 1. The zero-order valence-corrected chi connectivity index (χ0v) is 25.5. The summed E-state index contributed by atoms with van der Waals surface area (Å²) < 4.78 is 6.70. The number of hydrogen-bond acceptors (Lipinski definition) is 8. The van der Waals surface area contributed by atoms with Crippen molar-refractivity contribution in [1.29, 1.82) is 5.26 Å². The molecule has 11 heteroatoms. The maximum absolute atomic E-state index is 13.8. The Morgan fingerprint density at radius 1 is 1.30 bits per heavy atom. The Labute approximate surface area is 254 Å². The van der Waals surface area contributed by atoms with E-state index in [1.54, 1.807) is 12.1 Å². The lowest BCUT2D eigenvalue weighted by Crippen LogP contribution is -2.35. The van der Waals surface area contributed by atoms with Gasteiger partial charge in [0.2, 0.25) is 0 Å². The average molecular weight is 599 g/mol. The van der Waals surface area contributed by atoms with Crippen LogP contribution in [0.2, 0.25) is 0 Å². The lowest BCUT2D eigenvalue weighted by atomic mass is 9.98. The van der Waals surface area contributed by atoms with Gasteiger partial charge >= 0.3 is 5.97 Å². The summed E-state index contributed by atoms with van der Waals surface area (Å²) in [6, 6.07) is 6.91. The Hall–Kier alpha value is -4.43. The lowest BCUT2D eigenvalue weighted by molar-refractivity contribution is 0.0548. The van der Waals surface area contributed by atoms with E-state index < -0.39 is 5.97 Å². The van der Waals surface area contributed by atoms with Crippen molar-refractivity contribution in [1.82, 2.24) is 25.2 Å². The summed E-state index contributed by atoms with van der Waals surface area (Å²) in [5, 5.41) is 19.7. The Morgan fingerprint density at radius 2 is 2.09 bits per heavy atom. The number of aromatic nitrogens is 3. The molecule has 3 aromatic rings. The summed E-state index contributed by atoms with van der Waals surface area (Å²) in [6.45, 7) is 11.4. The van der Waals surface area contributed by atoms with Crippen molar-refractivity contribution in [2.24, 2.45) is 5.92 Å². The number of nitriles is 1. The largest absolute Gasteiger partial charge is 0.458 e. The van der Waals surface area contributed by atoms with Crippen molar-refractivity contribution in [3.05, 3.63) is 87.2 Å². The molecule has 5 rings (SSSR count). The van der Waals surface area contributed by atoms with Gasteiger partial charge in [-0.05, 0) is 61.9 Å². The molecule has 1 aliphatic heterocycles. The second-order valence-corrected chi connectivity index (χ2v) is 12.0. The Bertz CT molecular complexity index is 1700. The van der Waals surface area contributed by atoms with Gasteiger partial charge in [0.25, 0.3) is 11.8 Å². The molecule has 2 amide bonds. The Morgan fingerprint density at radius 3 is 2.79 bits per heavy atom. The molecule has 2 aliphatic rings. The molecule has 43 heavy (non-hydrogen) atoms. The molecule has 0 spiro atoms. The van der Waals surface area contributed by atoms with Crippen LogP contribution in [0.25, 0.3) is 5.65 Å². The number of hydrogen-bond donors (Lipinski definition) is 2. The number of benzene rings is 1. The smallest absolute Gasteiger partial charge is 0.338 e. The fourth-order valence-electron chi connectivity index (χ4n) is 5.81. The number of pyridine rings is 1. The van der Waals surface area contributed by atoms with E-state index in [1.165, 1.54) is 28.7 Å². The summed E-state index contributed by atoms with van der Waals surface area (Å²) in [5.74, 6) is -1.01. The Kier molecular flexibility index (Phi) is 8.69. The van der Waals surface area contributed by atoms with E-state index in [-0.39, 0.29) is 47.4 Å². The van der Waals surface area contributed by atoms with E-state index in [4.69, 9.17) is 4.74 Å². The lowest BCUT2D eigenvalue weighted by Gasteiger charge is -2.19. The fraction of sp³-hybridized carbons (Fsp3) is 0.375. The van der Waals surface area contributed by atoms with Gasteiger partial charge in [0, 0.05) is 21.9 Å². The van der Waals surface area contributed by atoms with Gasteiger partial charge in [0.15, 0.2) is 5.65 Å². The van der Waals surface area contributed by atoms with Gasteiger partial charge in [-0.1, -0.05) is 38.6 Å². The highest BCUT2D eigenvalue weighted by atomic mass is 32.2. The van der Waals surface area contributed by atoms with Gasteiger partial charge in [-0.15, -0.1) is 11.8 Å². The van der Waals surface area contributed by atoms with Crippen molar-refractivity contribution in [3.8, 4) is 6.07 Å². The predicted molar refractivity (Wildman–Crippen MR) is 164 cm³/mol. The third-order valence-electron chi connectivity index (χ3n) is 8.10. The first-order chi connectivity index (χ1) is 20.7. The van der Waals surface area contributed by atoms with Crippen LogP contribution in [-0.4, -0.2) is 50.3 Å². The molecule has 0 fully saturated rings. The normalized spacial score (nSPS) is 19.7. The molecule has 1 aromatic carbocycles. The number of amides is 2. The van der Waals surface area contributed by atoms with Crippen molar-refractivity contribution >= 4 is 35.2 Å². The van der Waals surface area contributed by atoms with Gasteiger partial charge in [-0.2, -0.15) is 10.4 Å². The maximum atomic E-state index is 13.8. The zero-order valence-electron chi connectivity index (χ0n) is 24.6. The van der Waals surface area contributed by atoms with Gasteiger partial charge in [-0.3, -0.25) is 9.59 Å². The van der Waals surface area contributed by atoms with E-state index in [0.29, 0.717) is 41.6 Å². The monoisotopic (exact) mass is 598 g/mol. The molecule has 10 nitrogen and oxygen atoms in total. The molecule has 2 aromatic heterocycles. The maximum Gasteiger partial charge on any atom is 0.338 e. The second-order valence-electron chi connectivity index (χ2n) is 10.8. The van der Waals surface area contributed by atoms with Crippen molar-refractivity contribution < 1.29 is 19.1 Å². The molecular weight excluding hydrogens is 564 g/mol. The quantitative estimate of drug-likeness (QED) is 0.268. The molecule has 0 saturated heterocycles. The van der Waals surface area contributed by atoms with E-state index in [1.807, 2.05) is 39.8 Å². The van der Waals surface area contributed by atoms with E-state index in [2.05, 4.69) is 33.4 Å². The summed E-state index contributed by atoms with van der Waals surface area (Å²) in [4.78, 5) is 45.2. The number of aryl methyl sites for hydroxylation is 1. The number of carbonyl (C=O) groups is 3. The highest BCUT2D eigenvalue weighted by Gasteiger charge is 2.31. The third kappa shape index (κ3) is 5.67. The highest BCUT2D eigenvalue weighted by molar-refractivity contribution is 8.04. The molecule has 1 aliphatic carbocycles. The van der Waals surface area contributed by atoms with Crippen LogP contribution in [0.5, 0.6) is 0 Å². The fourth-order valence-corrected chi connectivity index (χ4v) is 7.01. The van der Waals surface area contributed by atoms with Crippen LogP contribution in [0, 0.1) is 24.2 Å². The number of allylic oxidation sites excluding steroid dienone is 1. The van der Waals surface area contributed by atoms with E-state index in [9.17, 15) is 19.6 Å². The van der Waals surface area contributed by atoms with Crippen LogP contribution in [0.15, 0.2) is 48.2 Å². The van der Waals surface area contributed by atoms with Gasteiger partial charge < -0.3 is 15.4 Å². The van der Waals surface area contributed by atoms with E-state index in [0.717, 1.165) is 21.6 Å². The van der Waals surface area contributed by atoms with Crippen LogP contribution in [0.1, 0.15) is 86.7 Å². The minimum atomic E-state index is -0.403. The van der Waals surface area contributed by atoms with E-state index >= 15 is 0 Å². The molecule has 4 atom stereocenters. The number of rotatable bonds is 9. The summed E-state index contributed by atoms with van der Waals surface area (Å²) >= 11 is 1.47. The first-order valence-corrected chi connectivity index (χ1v) is 15.2. The molecule has 222 valence electrons. The average Bonchev–Trinajstić information content (AvgIpc) is 3.74. The summed E-state index contributed by atoms with van der Waals surface area (Å²) in [6.07, 6.45) is 6.81. The molecule has 2 N–H and O–H groups in total. The molecule has 3 unspecified atom stereocenters. The standard InChI is InChI=1S/C32H34N6O4S/c1-6-12-42-32(41)22-8-9-23-21(18(22)4)10-11-25(23)37-31(40)26-14-24(20(7-2)29-34-16-35-38(26)29)30(39)36-19(5)27-13-17(3)28(15-33)43-27/h6,8-9,13-14,16-17,19,25,28H,1,7,10-12H2,2-5H3,(H,36,39)(H,37,40)/t17?,19?,25-,28?/m0/s1. The number of carbonyl (C=O) groups excluding carboxylic acids is 3. The van der Waals surface area contributed by atoms with Crippen LogP contribution in [0.3, 0.4) is 0 Å². The number of esters is 1. The number of nitrogens with zero attached hydrogens (tertiary/aromatic N) is 4. The molecule has 0 bridgehead atoms. The van der Waals surface area contributed by atoms with Crippen LogP contribution < -0.4 is 10.6 Å². The van der Waals surface area contributed by atoms with Crippen LogP contribution in [-0.2, 0) is 17.6 Å². The highest BCUT2D eigenvalue weighted by Crippen LogP contribution is 2.38. The number of ether oxygens (including phenoxy) is 1.